The van der Waals surface area contributed by atoms with Crippen molar-refractivity contribution < 1.29 is 14.5 Å². The minimum atomic E-state index is -0.595. The summed E-state index contributed by atoms with van der Waals surface area (Å²) in [5.74, 6) is -0.0164. The third-order valence-corrected chi connectivity index (χ3v) is 3.16. The summed E-state index contributed by atoms with van der Waals surface area (Å²) in [6.45, 7) is 1.44. The zero-order valence-electron chi connectivity index (χ0n) is 10.4. The molecule has 0 spiro atoms. The van der Waals surface area contributed by atoms with Crippen LogP contribution in [0.25, 0.3) is 0 Å². The van der Waals surface area contributed by atoms with Gasteiger partial charge in [0.15, 0.2) is 6.29 Å². The van der Waals surface area contributed by atoms with Crippen molar-refractivity contribution in [2.45, 2.75) is 0 Å². The predicted molar refractivity (Wildman–Crippen MR) is 68.3 cm³/mol. The fraction of sp³-hybridized carbons (Fsp3) is 0.333. The van der Waals surface area contributed by atoms with Gasteiger partial charge in [0.05, 0.1) is 17.0 Å². The molecule has 0 saturated carbocycles. The molecule has 0 unspecified atom stereocenters. The molecule has 1 aromatic carbocycles. The van der Waals surface area contributed by atoms with Crippen LogP contribution in [-0.2, 0) is 4.79 Å². The lowest BCUT2D eigenvalue weighted by Gasteiger charge is -2.33. The third-order valence-electron chi connectivity index (χ3n) is 3.16. The van der Waals surface area contributed by atoms with Crippen LogP contribution in [0.3, 0.4) is 0 Å². The van der Waals surface area contributed by atoms with E-state index in [2.05, 4.69) is 0 Å². The Kier molecular flexibility index (Phi) is 3.46. The molecule has 1 aliphatic rings. The van der Waals surface area contributed by atoms with Crippen molar-refractivity contribution in [2.24, 2.45) is 0 Å². The molecule has 1 aromatic rings. The van der Waals surface area contributed by atoms with Gasteiger partial charge in [0, 0.05) is 31.9 Å². The lowest BCUT2D eigenvalue weighted by atomic mass is 10.1. The number of nitrogens with zero attached hydrogens (tertiary/aromatic N) is 3. The molecule has 1 aliphatic heterocycles. The van der Waals surface area contributed by atoms with Gasteiger partial charge in [0.25, 0.3) is 5.69 Å². The van der Waals surface area contributed by atoms with Crippen LogP contribution in [-0.4, -0.2) is 48.7 Å². The number of nitro benzene ring substituents is 1. The Bertz CT molecular complexity index is 544. The summed E-state index contributed by atoms with van der Waals surface area (Å²) in [6.07, 6.45) is 0.458. The molecule has 2 rings (SSSR count). The number of anilines is 1. The Morgan fingerprint density at radius 2 is 2.11 bits per heavy atom. The van der Waals surface area contributed by atoms with Crippen molar-refractivity contribution in [3.05, 3.63) is 33.9 Å². The number of rotatable bonds is 3. The number of carbonyl (C=O) groups excluding carboxylic acids is 2. The Labute approximate surface area is 109 Å². The normalized spacial score (nSPS) is 15.5. The lowest BCUT2D eigenvalue weighted by Crippen LogP contribution is -2.48. The lowest BCUT2D eigenvalue weighted by molar-refractivity contribution is -0.385. The van der Waals surface area contributed by atoms with Crippen LogP contribution >= 0.6 is 0 Å². The number of hydrogen-bond donors (Lipinski definition) is 0. The van der Waals surface area contributed by atoms with Crippen LogP contribution < -0.4 is 4.90 Å². The van der Waals surface area contributed by atoms with E-state index in [4.69, 9.17) is 0 Å². The number of carbonyl (C=O) groups is 2. The van der Waals surface area contributed by atoms with Crippen molar-refractivity contribution in [2.75, 3.05) is 31.6 Å². The molecule has 0 bridgehead atoms. The summed E-state index contributed by atoms with van der Waals surface area (Å²) < 4.78 is 0. The molecule has 1 fully saturated rings. The Morgan fingerprint density at radius 1 is 1.37 bits per heavy atom. The smallest absolute Gasteiger partial charge is 0.280 e. The van der Waals surface area contributed by atoms with Crippen molar-refractivity contribution >= 4 is 23.6 Å². The fourth-order valence-electron chi connectivity index (χ4n) is 1.98. The molecule has 1 heterocycles. The second kappa shape index (κ2) is 5.05. The average molecular weight is 263 g/mol. The van der Waals surface area contributed by atoms with Crippen LogP contribution in [0.5, 0.6) is 0 Å². The Balaban J connectivity index is 2.29. The zero-order chi connectivity index (χ0) is 14.0. The summed E-state index contributed by atoms with van der Waals surface area (Å²) in [5.41, 5.74) is 0.447. The number of piperazine rings is 1. The highest BCUT2D eigenvalue weighted by molar-refractivity contribution is 5.86. The van der Waals surface area contributed by atoms with E-state index in [9.17, 15) is 19.7 Å². The largest absolute Gasteiger partial charge is 0.360 e. The molecule has 0 aliphatic carbocycles. The maximum atomic E-state index is 11.6. The minimum Gasteiger partial charge on any atom is -0.360 e. The topological polar surface area (TPSA) is 83.8 Å². The summed E-state index contributed by atoms with van der Waals surface area (Å²) in [6, 6.07) is 4.30. The van der Waals surface area contributed by atoms with Gasteiger partial charge >= 0.3 is 0 Å². The van der Waals surface area contributed by atoms with Gasteiger partial charge in [-0.05, 0) is 12.1 Å². The van der Waals surface area contributed by atoms with Gasteiger partial charge in [-0.3, -0.25) is 19.7 Å². The molecule has 0 atom stereocenters. The van der Waals surface area contributed by atoms with E-state index in [0.29, 0.717) is 25.1 Å². The van der Waals surface area contributed by atoms with E-state index in [0.717, 1.165) is 0 Å². The Hall–Kier alpha value is -2.44. The fourth-order valence-corrected chi connectivity index (χ4v) is 1.98. The van der Waals surface area contributed by atoms with E-state index in [1.54, 1.807) is 22.9 Å². The first-order chi connectivity index (χ1) is 9.02. The second-order valence-corrected chi connectivity index (χ2v) is 4.35. The maximum absolute atomic E-state index is 11.6. The number of likely N-dealkylation sites (N-methyl/N-ethyl adjacent to an activating group) is 1. The molecule has 100 valence electrons. The molecular formula is C12H13N3O4. The quantitative estimate of drug-likeness (QED) is 0.455. The first-order valence-corrected chi connectivity index (χ1v) is 5.75. The van der Waals surface area contributed by atoms with Crippen molar-refractivity contribution in [1.82, 2.24) is 4.90 Å². The van der Waals surface area contributed by atoms with Crippen molar-refractivity contribution in [1.29, 1.82) is 0 Å². The summed E-state index contributed by atoms with van der Waals surface area (Å²) in [5, 5.41) is 10.7. The van der Waals surface area contributed by atoms with Crippen LogP contribution in [0, 0.1) is 10.1 Å². The summed E-state index contributed by atoms with van der Waals surface area (Å²) in [7, 11) is 1.73. The molecule has 1 saturated heterocycles. The van der Waals surface area contributed by atoms with Gasteiger partial charge in [-0.1, -0.05) is 0 Å². The highest BCUT2D eigenvalue weighted by Crippen LogP contribution is 2.24. The van der Waals surface area contributed by atoms with Crippen LogP contribution in [0.2, 0.25) is 0 Å². The van der Waals surface area contributed by atoms with E-state index < -0.39 is 4.92 Å². The van der Waals surface area contributed by atoms with E-state index >= 15 is 0 Å². The highest BCUT2D eigenvalue weighted by atomic mass is 16.6. The molecule has 7 nitrogen and oxygen atoms in total. The highest BCUT2D eigenvalue weighted by Gasteiger charge is 2.23. The molecule has 1 amide bonds. The summed E-state index contributed by atoms with van der Waals surface area (Å²) >= 11 is 0. The standard InChI is InChI=1S/C12H13N3O4/c1-13-4-5-14(7-12(13)17)10-2-3-11(15(18)19)9(6-10)8-16/h2-3,6,8H,4-5,7H2,1H3. The Morgan fingerprint density at radius 3 is 2.68 bits per heavy atom. The number of nitro groups is 1. The first-order valence-electron chi connectivity index (χ1n) is 5.75. The summed E-state index contributed by atoms with van der Waals surface area (Å²) in [4.78, 5) is 36.1. The van der Waals surface area contributed by atoms with Gasteiger partial charge in [-0.2, -0.15) is 0 Å². The van der Waals surface area contributed by atoms with Crippen LogP contribution in [0.15, 0.2) is 18.2 Å². The molecular weight excluding hydrogens is 250 g/mol. The number of benzene rings is 1. The minimum absolute atomic E-state index is 0.0164. The molecule has 19 heavy (non-hydrogen) atoms. The second-order valence-electron chi connectivity index (χ2n) is 4.35. The number of hydrogen-bond acceptors (Lipinski definition) is 5. The predicted octanol–water partition coefficient (Wildman–Crippen LogP) is 0.686. The van der Waals surface area contributed by atoms with Gasteiger partial charge in [0.1, 0.15) is 0 Å². The van der Waals surface area contributed by atoms with Gasteiger partial charge in [0.2, 0.25) is 5.91 Å². The van der Waals surface area contributed by atoms with Crippen LogP contribution in [0.1, 0.15) is 10.4 Å². The number of aldehydes is 1. The van der Waals surface area contributed by atoms with E-state index in [1.807, 2.05) is 0 Å². The SMILES string of the molecule is CN1CCN(c2ccc([N+](=O)[O-])c(C=O)c2)CC1=O. The maximum Gasteiger partial charge on any atom is 0.280 e. The molecule has 0 radical (unpaired) electrons. The van der Waals surface area contributed by atoms with E-state index in [1.165, 1.54) is 12.1 Å². The van der Waals surface area contributed by atoms with Gasteiger partial charge in [-0.25, -0.2) is 0 Å². The molecule has 7 heteroatoms. The molecule has 0 N–H and O–H groups in total. The van der Waals surface area contributed by atoms with Crippen LogP contribution in [0.4, 0.5) is 11.4 Å². The number of amides is 1. The average Bonchev–Trinajstić information content (AvgIpc) is 2.41. The monoisotopic (exact) mass is 263 g/mol. The van der Waals surface area contributed by atoms with Gasteiger partial charge in [-0.15, -0.1) is 0 Å². The van der Waals surface area contributed by atoms with Gasteiger partial charge < -0.3 is 9.80 Å². The third kappa shape index (κ3) is 2.54. The van der Waals surface area contributed by atoms with Crippen molar-refractivity contribution in [3.63, 3.8) is 0 Å². The zero-order valence-corrected chi connectivity index (χ0v) is 10.4. The first kappa shape index (κ1) is 13.0. The molecule has 0 aromatic heterocycles. The van der Waals surface area contributed by atoms with E-state index in [-0.39, 0.29) is 23.7 Å². The van der Waals surface area contributed by atoms with Crippen molar-refractivity contribution in [3.8, 4) is 0 Å².